The van der Waals surface area contributed by atoms with Crippen molar-refractivity contribution < 1.29 is 13.5 Å². The number of benzene rings is 1. The average Bonchev–Trinajstić information content (AvgIpc) is 2.08. The van der Waals surface area contributed by atoms with Gasteiger partial charge in [-0.2, -0.15) is 8.78 Å². The summed E-state index contributed by atoms with van der Waals surface area (Å²) in [5, 5.41) is 0. The zero-order chi connectivity index (χ0) is 9.68. The Kier molecular flexibility index (Phi) is 4.32. The van der Waals surface area contributed by atoms with E-state index in [9.17, 15) is 8.78 Å². The highest BCUT2D eigenvalue weighted by Gasteiger charge is 2.00. The van der Waals surface area contributed by atoms with E-state index >= 15 is 0 Å². The van der Waals surface area contributed by atoms with Gasteiger partial charge in [0.05, 0.1) is 6.61 Å². The Hall–Kier alpha value is -0.480. The maximum atomic E-state index is 11.6. The predicted octanol–water partition coefficient (Wildman–Crippen LogP) is 3.23. The lowest BCUT2D eigenvalue weighted by Gasteiger charge is -2.02. The van der Waals surface area contributed by atoms with Crippen molar-refractivity contribution in [1.82, 2.24) is 0 Å². The number of rotatable bonds is 4. The molecule has 4 heteroatoms. The zero-order valence-electron chi connectivity index (χ0n) is 6.84. The molecule has 0 fully saturated rings. The number of alkyl halides is 2. The molecule has 0 aromatic heterocycles. The van der Waals surface area contributed by atoms with E-state index in [1.807, 2.05) is 24.3 Å². The molecule has 0 bridgehead atoms. The van der Waals surface area contributed by atoms with Crippen molar-refractivity contribution in [1.29, 1.82) is 0 Å². The van der Waals surface area contributed by atoms with Gasteiger partial charge in [-0.25, -0.2) is 0 Å². The van der Waals surface area contributed by atoms with Gasteiger partial charge in [-0.15, -0.1) is 0 Å². The van der Waals surface area contributed by atoms with Gasteiger partial charge in [0.2, 0.25) is 0 Å². The SMILES string of the molecule is FC(F)OCCc1ccc(Br)cc1. The Labute approximate surface area is 83.8 Å². The van der Waals surface area contributed by atoms with Gasteiger partial charge < -0.3 is 4.74 Å². The number of hydrogen-bond acceptors (Lipinski definition) is 1. The molecule has 0 radical (unpaired) electrons. The van der Waals surface area contributed by atoms with Crippen molar-refractivity contribution in [3.8, 4) is 0 Å². The molecule has 0 atom stereocenters. The molecule has 1 rings (SSSR count). The van der Waals surface area contributed by atoms with Crippen LogP contribution in [0, 0.1) is 0 Å². The van der Waals surface area contributed by atoms with E-state index in [2.05, 4.69) is 20.7 Å². The molecule has 0 spiro atoms. The van der Waals surface area contributed by atoms with Crippen molar-refractivity contribution in [2.45, 2.75) is 13.0 Å². The number of halogens is 3. The smallest absolute Gasteiger partial charge is 0.323 e. The quantitative estimate of drug-likeness (QED) is 0.798. The molecule has 0 N–H and O–H groups in total. The highest BCUT2D eigenvalue weighted by Crippen LogP contribution is 2.11. The summed E-state index contributed by atoms with van der Waals surface area (Å²) in [5.41, 5.74) is 0.990. The molecule has 0 aliphatic carbocycles. The Morgan fingerprint density at radius 1 is 1.23 bits per heavy atom. The van der Waals surface area contributed by atoms with Crippen LogP contribution in [0.2, 0.25) is 0 Å². The molecule has 0 aliphatic heterocycles. The fourth-order valence-electron chi connectivity index (χ4n) is 0.917. The molecular formula is C9H9BrF2O. The van der Waals surface area contributed by atoms with E-state index in [4.69, 9.17) is 0 Å². The topological polar surface area (TPSA) is 9.23 Å². The molecule has 0 saturated carbocycles. The Balaban J connectivity index is 2.33. The lowest BCUT2D eigenvalue weighted by molar-refractivity contribution is -0.127. The third-order valence-electron chi connectivity index (χ3n) is 1.55. The summed E-state index contributed by atoms with van der Waals surface area (Å²) in [6.45, 7) is -2.62. The van der Waals surface area contributed by atoms with E-state index in [0.717, 1.165) is 10.0 Å². The van der Waals surface area contributed by atoms with Crippen LogP contribution in [-0.2, 0) is 11.2 Å². The monoisotopic (exact) mass is 250 g/mol. The Bertz CT molecular complexity index is 248. The van der Waals surface area contributed by atoms with Crippen LogP contribution in [0.15, 0.2) is 28.7 Å². The summed E-state index contributed by atoms with van der Waals surface area (Å²) in [7, 11) is 0. The van der Waals surface area contributed by atoms with Gasteiger partial charge in [0.15, 0.2) is 0 Å². The molecule has 0 saturated heterocycles. The highest BCUT2D eigenvalue weighted by molar-refractivity contribution is 9.10. The fourth-order valence-corrected chi connectivity index (χ4v) is 1.18. The molecule has 0 amide bonds. The summed E-state index contributed by atoms with van der Waals surface area (Å²) in [6.07, 6.45) is 0.512. The van der Waals surface area contributed by atoms with Crippen LogP contribution in [0.25, 0.3) is 0 Å². The minimum atomic E-state index is -2.67. The molecule has 0 heterocycles. The third kappa shape index (κ3) is 4.33. The predicted molar refractivity (Wildman–Crippen MR) is 49.8 cm³/mol. The molecular weight excluding hydrogens is 242 g/mol. The van der Waals surface area contributed by atoms with Gasteiger partial charge >= 0.3 is 6.61 Å². The van der Waals surface area contributed by atoms with Crippen LogP contribution in [0.5, 0.6) is 0 Å². The Morgan fingerprint density at radius 2 is 1.85 bits per heavy atom. The maximum absolute atomic E-state index is 11.6. The summed E-state index contributed by atoms with van der Waals surface area (Å²) in [5.74, 6) is 0. The standard InChI is InChI=1S/C9H9BrF2O/c10-8-3-1-7(2-4-8)5-6-13-9(11)12/h1-4,9H,5-6H2. The van der Waals surface area contributed by atoms with Gasteiger partial charge in [0.25, 0.3) is 0 Å². The second kappa shape index (κ2) is 5.29. The van der Waals surface area contributed by atoms with Crippen LogP contribution < -0.4 is 0 Å². The first kappa shape index (κ1) is 10.6. The number of ether oxygens (including phenoxy) is 1. The van der Waals surface area contributed by atoms with Crippen molar-refractivity contribution in [3.63, 3.8) is 0 Å². The normalized spacial score (nSPS) is 10.8. The minimum absolute atomic E-state index is 0.0549. The molecule has 13 heavy (non-hydrogen) atoms. The average molecular weight is 251 g/mol. The largest absolute Gasteiger partial charge is 0.345 e. The summed E-state index contributed by atoms with van der Waals surface area (Å²) in [4.78, 5) is 0. The van der Waals surface area contributed by atoms with E-state index in [0.29, 0.717) is 6.42 Å². The summed E-state index contributed by atoms with van der Waals surface area (Å²) < 4.78 is 28.3. The van der Waals surface area contributed by atoms with Crippen molar-refractivity contribution in [2.75, 3.05) is 6.61 Å². The van der Waals surface area contributed by atoms with Crippen LogP contribution in [0.3, 0.4) is 0 Å². The summed E-state index contributed by atoms with van der Waals surface area (Å²) >= 11 is 3.29. The lowest BCUT2D eigenvalue weighted by Crippen LogP contribution is -2.03. The second-order valence-electron chi connectivity index (χ2n) is 2.51. The first-order chi connectivity index (χ1) is 6.18. The van der Waals surface area contributed by atoms with E-state index < -0.39 is 6.61 Å². The van der Waals surface area contributed by atoms with Crippen molar-refractivity contribution in [2.24, 2.45) is 0 Å². The van der Waals surface area contributed by atoms with E-state index in [-0.39, 0.29) is 6.61 Å². The minimum Gasteiger partial charge on any atom is -0.323 e. The first-order valence-corrected chi connectivity index (χ1v) is 4.62. The lowest BCUT2D eigenvalue weighted by atomic mass is 10.2. The second-order valence-corrected chi connectivity index (χ2v) is 3.42. The van der Waals surface area contributed by atoms with Gasteiger partial charge in [0.1, 0.15) is 0 Å². The molecule has 1 aromatic carbocycles. The highest BCUT2D eigenvalue weighted by atomic mass is 79.9. The van der Waals surface area contributed by atoms with Crippen molar-refractivity contribution in [3.05, 3.63) is 34.3 Å². The first-order valence-electron chi connectivity index (χ1n) is 3.82. The molecule has 0 unspecified atom stereocenters. The van der Waals surface area contributed by atoms with E-state index in [1.165, 1.54) is 0 Å². The molecule has 0 aliphatic rings. The zero-order valence-corrected chi connectivity index (χ0v) is 8.43. The third-order valence-corrected chi connectivity index (χ3v) is 2.08. The van der Waals surface area contributed by atoms with Crippen LogP contribution in [-0.4, -0.2) is 13.2 Å². The van der Waals surface area contributed by atoms with Crippen LogP contribution in [0.1, 0.15) is 5.56 Å². The molecule has 72 valence electrons. The Morgan fingerprint density at radius 3 is 2.38 bits per heavy atom. The van der Waals surface area contributed by atoms with Gasteiger partial charge in [-0.1, -0.05) is 28.1 Å². The summed E-state index contributed by atoms with van der Waals surface area (Å²) in [6, 6.07) is 7.49. The fraction of sp³-hybridized carbons (Fsp3) is 0.333. The van der Waals surface area contributed by atoms with Gasteiger partial charge in [-0.05, 0) is 24.1 Å². The molecule has 1 aromatic rings. The van der Waals surface area contributed by atoms with Crippen LogP contribution >= 0.6 is 15.9 Å². The van der Waals surface area contributed by atoms with Gasteiger partial charge in [-0.3, -0.25) is 0 Å². The maximum Gasteiger partial charge on any atom is 0.345 e. The van der Waals surface area contributed by atoms with Gasteiger partial charge in [0, 0.05) is 4.47 Å². The van der Waals surface area contributed by atoms with Crippen LogP contribution in [0.4, 0.5) is 8.78 Å². The van der Waals surface area contributed by atoms with E-state index in [1.54, 1.807) is 0 Å². The van der Waals surface area contributed by atoms with Crippen molar-refractivity contribution >= 4 is 15.9 Å². The number of hydrogen-bond donors (Lipinski definition) is 0. The molecule has 1 nitrogen and oxygen atoms in total.